The number of carboxylic acid groups (broad SMARTS) is 1. The summed E-state index contributed by atoms with van der Waals surface area (Å²) in [5.74, 6) is -0.998. The minimum absolute atomic E-state index is 0.366. The first-order chi connectivity index (χ1) is 5.98. The lowest BCUT2D eigenvalue weighted by molar-refractivity contribution is -0.131. The predicted octanol–water partition coefficient (Wildman–Crippen LogP) is 0.725. The van der Waals surface area contributed by atoms with E-state index in [1.165, 1.54) is 6.20 Å². The standard InChI is InChI=1S/C9H17NO3/c1-3-5-9(2,13)7-10-6-4-8(11)12/h4,6,10,13H,3,5,7H2,1-2H3,(H,11,12)/b6-4+. The molecule has 4 nitrogen and oxygen atoms in total. The topological polar surface area (TPSA) is 69.6 Å². The maximum atomic E-state index is 10.1. The summed E-state index contributed by atoms with van der Waals surface area (Å²) < 4.78 is 0. The van der Waals surface area contributed by atoms with E-state index in [4.69, 9.17) is 5.11 Å². The number of rotatable bonds is 6. The summed E-state index contributed by atoms with van der Waals surface area (Å²) in [4.78, 5) is 10.1. The fourth-order valence-corrected chi connectivity index (χ4v) is 1.04. The van der Waals surface area contributed by atoms with Gasteiger partial charge >= 0.3 is 5.97 Å². The summed E-state index contributed by atoms with van der Waals surface area (Å²) in [7, 11) is 0. The van der Waals surface area contributed by atoms with E-state index >= 15 is 0 Å². The van der Waals surface area contributed by atoms with E-state index in [-0.39, 0.29) is 0 Å². The Balaban J connectivity index is 3.68. The Morgan fingerprint density at radius 1 is 1.62 bits per heavy atom. The van der Waals surface area contributed by atoms with Crippen LogP contribution in [0.15, 0.2) is 12.3 Å². The fraction of sp³-hybridized carbons (Fsp3) is 0.667. The summed E-state index contributed by atoms with van der Waals surface area (Å²) in [6.07, 6.45) is 3.92. The van der Waals surface area contributed by atoms with Crippen molar-refractivity contribution < 1.29 is 15.0 Å². The average Bonchev–Trinajstić information content (AvgIpc) is 1.98. The quantitative estimate of drug-likeness (QED) is 0.536. The van der Waals surface area contributed by atoms with Gasteiger partial charge in [-0.1, -0.05) is 13.3 Å². The minimum Gasteiger partial charge on any atom is -0.478 e. The molecule has 0 saturated carbocycles. The van der Waals surface area contributed by atoms with Crippen LogP contribution < -0.4 is 5.32 Å². The van der Waals surface area contributed by atoms with Crippen molar-refractivity contribution in [3.05, 3.63) is 12.3 Å². The van der Waals surface area contributed by atoms with E-state index in [1.54, 1.807) is 6.92 Å². The molecule has 3 N–H and O–H groups in total. The van der Waals surface area contributed by atoms with Gasteiger partial charge < -0.3 is 15.5 Å². The Kier molecular flexibility index (Phi) is 5.14. The Hall–Kier alpha value is -1.03. The van der Waals surface area contributed by atoms with E-state index < -0.39 is 11.6 Å². The highest BCUT2D eigenvalue weighted by molar-refractivity contribution is 5.79. The molecule has 0 fully saturated rings. The lowest BCUT2D eigenvalue weighted by Gasteiger charge is -2.22. The number of nitrogens with one attached hydrogen (secondary N) is 1. The van der Waals surface area contributed by atoms with Crippen LogP contribution in [0.4, 0.5) is 0 Å². The zero-order chi connectivity index (χ0) is 10.3. The number of carbonyl (C=O) groups is 1. The lowest BCUT2D eigenvalue weighted by atomic mass is 10.0. The molecule has 1 atom stereocenters. The van der Waals surface area contributed by atoms with Crippen LogP contribution in [0.25, 0.3) is 0 Å². The van der Waals surface area contributed by atoms with Gasteiger partial charge in [0.2, 0.25) is 0 Å². The van der Waals surface area contributed by atoms with E-state index in [2.05, 4.69) is 5.32 Å². The van der Waals surface area contributed by atoms with E-state index in [9.17, 15) is 9.90 Å². The van der Waals surface area contributed by atoms with Gasteiger partial charge in [0.15, 0.2) is 0 Å². The molecule has 0 amide bonds. The Labute approximate surface area is 78.3 Å². The maximum absolute atomic E-state index is 10.1. The van der Waals surface area contributed by atoms with Crippen molar-refractivity contribution in [2.24, 2.45) is 0 Å². The van der Waals surface area contributed by atoms with Crippen molar-refractivity contribution in [1.29, 1.82) is 0 Å². The number of carboxylic acids is 1. The van der Waals surface area contributed by atoms with Gasteiger partial charge in [0.05, 0.1) is 5.60 Å². The van der Waals surface area contributed by atoms with Crippen molar-refractivity contribution in [2.45, 2.75) is 32.3 Å². The van der Waals surface area contributed by atoms with Crippen LogP contribution >= 0.6 is 0 Å². The third kappa shape index (κ3) is 7.33. The van der Waals surface area contributed by atoms with Crippen molar-refractivity contribution in [2.75, 3.05) is 6.54 Å². The maximum Gasteiger partial charge on any atom is 0.329 e. The molecular formula is C9H17NO3. The third-order valence-electron chi connectivity index (χ3n) is 1.62. The highest BCUT2D eigenvalue weighted by Gasteiger charge is 2.17. The van der Waals surface area contributed by atoms with E-state index in [0.717, 1.165) is 12.5 Å². The van der Waals surface area contributed by atoms with Crippen LogP contribution in [-0.2, 0) is 4.79 Å². The highest BCUT2D eigenvalue weighted by atomic mass is 16.4. The van der Waals surface area contributed by atoms with Gasteiger partial charge in [0, 0.05) is 18.8 Å². The van der Waals surface area contributed by atoms with Gasteiger partial charge in [0.25, 0.3) is 0 Å². The molecule has 0 rings (SSSR count). The first-order valence-corrected chi connectivity index (χ1v) is 4.33. The molecule has 0 aromatic heterocycles. The zero-order valence-corrected chi connectivity index (χ0v) is 8.08. The first kappa shape index (κ1) is 12.0. The summed E-state index contributed by atoms with van der Waals surface area (Å²) >= 11 is 0. The molecule has 0 spiro atoms. The molecule has 0 saturated heterocycles. The summed E-state index contributed by atoms with van der Waals surface area (Å²) in [5, 5.41) is 20.6. The number of hydrogen-bond donors (Lipinski definition) is 3. The molecule has 4 heteroatoms. The smallest absolute Gasteiger partial charge is 0.329 e. The Bertz CT molecular complexity index is 187. The van der Waals surface area contributed by atoms with Crippen LogP contribution in [0.3, 0.4) is 0 Å². The molecule has 0 aliphatic rings. The lowest BCUT2D eigenvalue weighted by Crippen LogP contribution is -2.35. The van der Waals surface area contributed by atoms with E-state index in [0.29, 0.717) is 13.0 Å². The van der Waals surface area contributed by atoms with Crippen LogP contribution in [0, 0.1) is 0 Å². The number of aliphatic carboxylic acids is 1. The second-order valence-corrected chi connectivity index (χ2v) is 3.30. The highest BCUT2D eigenvalue weighted by Crippen LogP contribution is 2.09. The normalized spacial score (nSPS) is 15.6. The van der Waals surface area contributed by atoms with Gasteiger partial charge in [-0.05, 0) is 13.3 Å². The summed E-state index contributed by atoms with van der Waals surface area (Å²) in [5.41, 5.74) is -0.766. The number of aliphatic hydroxyl groups is 1. The Morgan fingerprint density at radius 3 is 2.69 bits per heavy atom. The molecule has 0 heterocycles. The van der Waals surface area contributed by atoms with Crippen LogP contribution in [0.2, 0.25) is 0 Å². The van der Waals surface area contributed by atoms with Crippen molar-refractivity contribution in [3.8, 4) is 0 Å². The fourth-order valence-electron chi connectivity index (χ4n) is 1.04. The molecule has 0 aliphatic carbocycles. The molecular weight excluding hydrogens is 170 g/mol. The van der Waals surface area contributed by atoms with Crippen molar-refractivity contribution in [1.82, 2.24) is 5.32 Å². The predicted molar refractivity (Wildman–Crippen MR) is 50.3 cm³/mol. The van der Waals surface area contributed by atoms with Gasteiger partial charge in [-0.15, -0.1) is 0 Å². The van der Waals surface area contributed by atoms with Crippen LogP contribution in [-0.4, -0.2) is 28.3 Å². The third-order valence-corrected chi connectivity index (χ3v) is 1.62. The molecule has 0 radical (unpaired) electrons. The molecule has 13 heavy (non-hydrogen) atoms. The monoisotopic (exact) mass is 187 g/mol. The van der Waals surface area contributed by atoms with E-state index in [1.807, 2.05) is 6.92 Å². The molecule has 0 aromatic rings. The summed E-state index contributed by atoms with van der Waals surface area (Å²) in [6.45, 7) is 4.07. The molecule has 0 bridgehead atoms. The second-order valence-electron chi connectivity index (χ2n) is 3.30. The van der Waals surface area contributed by atoms with Gasteiger partial charge in [-0.25, -0.2) is 4.79 Å². The minimum atomic E-state index is -0.998. The average molecular weight is 187 g/mol. The molecule has 76 valence electrons. The number of hydrogen-bond acceptors (Lipinski definition) is 3. The molecule has 1 unspecified atom stereocenters. The van der Waals surface area contributed by atoms with Gasteiger partial charge in [-0.3, -0.25) is 0 Å². The van der Waals surface area contributed by atoms with Gasteiger partial charge in [0.1, 0.15) is 0 Å². The zero-order valence-electron chi connectivity index (χ0n) is 8.08. The SMILES string of the molecule is CCCC(C)(O)CN/C=C/C(=O)O. The van der Waals surface area contributed by atoms with Crippen molar-refractivity contribution >= 4 is 5.97 Å². The first-order valence-electron chi connectivity index (χ1n) is 4.33. The largest absolute Gasteiger partial charge is 0.478 e. The Morgan fingerprint density at radius 2 is 2.23 bits per heavy atom. The van der Waals surface area contributed by atoms with Crippen molar-refractivity contribution in [3.63, 3.8) is 0 Å². The van der Waals surface area contributed by atoms with Crippen LogP contribution in [0.5, 0.6) is 0 Å². The van der Waals surface area contributed by atoms with Gasteiger partial charge in [-0.2, -0.15) is 0 Å². The molecule has 0 aromatic carbocycles. The second kappa shape index (κ2) is 5.59. The molecule has 0 aliphatic heterocycles. The van der Waals surface area contributed by atoms with Crippen LogP contribution in [0.1, 0.15) is 26.7 Å². The summed E-state index contributed by atoms with van der Waals surface area (Å²) in [6, 6.07) is 0.